The number of hydrazine groups is 1. The summed E-state index contributed by atoms with van der Waals surface area (Å²) < 4.78 is 21.6. The Morgan fingerprint density at radius 2 is 2.25 bits per heavy atom. The van der Waals surface area contributed by atoms with E-state index in [9.17, 15) is 8.42 Å². The standard InChI is InChI=1S/C7H14N2O2S/c1-3-4-5-7(9-8)6-12(2,10)11/h1,7,9H,4-6,8H2,2H3. The van der Waals surface area contributed by atoms with Gasteiger partial charge in [0.05, 0.1) is 5.75 Å². The van der Waals surface area contributed by atoms with Gasteiger partial charge in [-0.05, 0) is 6.42 Å². The molecular formula is C7H14N2O2S. The third-order valence-corrected chi connectivity index (χ3v) is 2.38. The van der Waals surface area contributed by atoms with Crippen LogP contribution in [0.1, 0.15) is 12.8 Å². The molecule has 1 atom stereocenters. The van der Waals surface area contributed by atoms with Crippen molar-refractivity contribution >= 4 is 9.84 Å². The SMILES string of the molecule is C#CCCC(CS(C)(=O)=O)NN. The lowest BCUT2D eigenvalue weighted by Crippen LogP contribution is -2.40. The van der Waals surface area contributed by atoms with Crippen molar-refractivity contribution < 1.29 is 8.42 Å². The lowest BCUT2D eigenvalue weighted by Gasteiger charge is -2.12. The van der Waals surface area contributed by atoms with Crippen molar-refractivity contribution in [2.24, 2.45) is 5.84 Å². The zero-order valence-corrected chi connectivity index (χ0v) is 7.89. The molecule has 0 fully saturated rings. The molecule has 0 radical (unpaired) electrons. The summed E-state index contributed by atoms with van der Waals surface area (Å²) in [5.41, 5.74) is 2.42. The van der Waals surface area contributed by atoms with Gasteiger partial charge in [-0.15, -0.1) is 12.3 Å². The normalized spacial score (nSPS) is 13.8. The minimum Gasteiger partial charge on any atom is -0.271 e. The van der Waals surface area contributed by atoms with Gasteiger partial charge in [0.15, 0.2) is 0 Å². The summed E-state index contributed by atoms with van der Waals surface area (Å²) in [5.74, 6) is 7.60. The van der Waals surface area contributed by atoms with Crippen LogP contribution in [0.5, 0.6) is 0 Å². The van der Waals surface area contributed by atoms with E-state index >= 15 is 0 Å². The Bertz CT molecular complexity index is 253. The van der Waals surface area contributed by atoms with Crippen molar-refractivity contribution in [3.63, 3.8) is 0 Å². The van der Waals surface area contributed by atoms with Gasteiger partial charge in [-0.3, -0.25) is 11.3 Å². The van der Waals surface area contributed by atoms with E-state index in [2.05, 4.69) is 11.3 Å². The molecule has 3 N–H and O–H groups in total. The van der Waals surface area contributed by atoms with Gasteiger partial charge in [0.1, 0.15) is 9.84 Å². The minimum atomic E-state index is -2.98. The van der Waals surface area contributed by atoms with Gasteiger partial charge in [-0.2, -0.15) is 0 Å². The fourth-order valence-corrected chi connectivity index (χ4v) is 1.83. The van der Waals surface area contributed by atoms with E-state index in [4.69, 9.17) is 12.3 Å². The predicted octanol–water partition coefficient (Wildman–Crippen LogP) is -0.724. The smallest absolute Gasteiger partial charge is 0.149 e. The average Bonchev–Trinajstić information content (AvgIpc) is 1.95. The first-order valence-electron chi connectivity index (χ1n) is 3.57. The zero-order chi connectivity index (χ0) is 9.61. The van der Waals surface area contributed by atoms with Crippen LogP contribution in [0.15, 0.2) is 0 Å². The van der Waals surface area contributed by atoms with E-state index < -0.39 is 9.84 Å². The van der Waals surface area contributed by atoms with Crippen LogP contribution in [-0.4, -0.2) is 26.5 Å². The summed E-state index contributed by atoms with van der Waals surface area (Å²) >= 11 is 0. The number of hydrogen-bond acceptors (Lipinski definition) is 4. The fraction of sp³-hybridized carbons (Fsp3) is 0.714. The fourth-order valence-electron chi connectivity index (χ4n) is 0.838. The second-order valence-corrected chi connectivity index (χ2v) is 4.88. The molecule has 0 bridgehead atoms. The number of nitrogens with two attached hydrogens (primary N) is 1. The summed E-state index contributed by atoms with van der Waals surface area (Å²) in [5, 5.41) is 0. The van der Waals surface area contributed by atoms with Crippen molar-refractivity contribution in [3.8, 4) is 12.3 Å². The van der Waals surface area contributed by atoms with Gasteiger partial charge in [0.2, 0.25) is 0 Å². The van der Waals surface area contributed by atoms with Crippen molar-refractivity contribution in [2.45, 2.75) is 18.9 Å². The highest BCUT2D eigenvalue weighted by molar-refractivity contribution is 7.90. The zero-order valence-electron chi connectivity index (χ0n) is 7.08. The van der Waals surface area contributed by atoms with E-state index in [-0.39, 0.29) is 11.8 Å². The number of sulfone groups is 1. The Labute approximate surface area is 73.4 Å². The number of hydrogen-bond donors (Lipinski definition) is 2. The topological polar surface area (TPSA) is 72.2 Å². The maximum atomic E-state index is 10.8. The van der Waals surface area contributed by atoms with Gasteiger partial charge < -0.3 is 0 Å². The van der Waals surface area contributed by atoms with E-state index in [0.29, 0.717) is 12.8 Å². The van der Waals surface area contributed by atoms with E-state index in [1.807, 2.05) is 0 Å². The number of rotatable bonds is 5. The maximum Gasteiger partial charge on any atom is 0.149 e. The Morgan fingerprint density at radius 3 is 2.58 bits per heavy atom. The van der Waals surface area contributed by atoms with Gasteiger partial charge in [0.25, 0.3) is 0 Å². The summed E-state index contributed by atoms with van der Waals surface area (Å²) in [6.07, 6.45) is 7.32. The molecule has 0 rings (SSSR count). The molecule has 0 aromatic heterocycles. The van der Waals surface area contributed by atoms with Crippen molar-refractivity contribution in [1.82, 2.24) is 5.43 Å². The van der Waals surface area contributed by atoms with Crippen LogP contribution >= 0.6 is 0 Å². The van der Waals surface area contributed by atoms with Crippen LogP contribution in [0.25, 0.3) is 0 Å². The largest absolute Gasteiger partial charge is 0.271 e. The summed E-state index contributed by atoms with van der Waals surface area (Å²) in [6.45, 7) is 0. The van der Waals surface area contributed by atoms with Crippen LogP contribution in [0.2, 0.25) is 0 Å². The second-order valence-electron chi connectivity index (χ2n) is 2.70. The molecule has 5 heteroatoms. The Kier molecular flexibility index (Phi) is 4.90. The lowest BCUT2D eigenvalue weighted by atomic mass is 10.2. The number of nitrogens with one attached hydrogen (secondary N) is 1. The Balaban J connectivity index is 3.94. The second kappa shape index (κ2) is 5.14. The van der Waals surface area contributed by atoms with Gasteiger partial charge in [-0.1, -0.05) is 0 Å². The highest BCUT2D eigenvalue weighted by Gasteiger charge is 2.12. The first-order valence-corrected chi connectivity index (χ1v) is 5.63. The molecule has 12 heavy (non-hydrogen) atoms. The molecule has 0 aliphatic rings. The molecule has 0 aromatic rings. The molecule has 4 nitrogen and oxygen atoms in total. The van der Waals surface area contributed by atoms with Crippen molar-refractivity contribution in [2.75, 3.05) is 12.0 Å². The van der Waals surface area contributed by atoms with Gasteiger partial charge >= 0.3 is 0 Å². The maximum absolute atomic E-state index is 10.8. The molecule has 0 aliphatic carbocycles. The third kappa shape index (κ3) is 6.16. The molecule has 0 amide bonds. The van der Waals surface area contributed by atoms with E-state index in [0.717, 1.165) is 0 Å². The van der Waals surface area contributed by atoms with E-state index in [1.165, 1.54) is 6.26 Å². The van der Waals surface area contributed by atoms with Crippen molar-refractivity contribution in [3.05, 3.63) is 0 Å². The summed E-state index contributed by atoms with van der Waals surface area (Å²) in [6, 6.07) is -0.240. The molecule has 70 valence electrons. The summed E-state index contributed by atoms with van der Waals surface area (Å²) in [4.78, 5) is 0. The van der Waals surface area contributed by atoms with E-state index in [1.54, 1.807) is 0 Å². The monoisotopic (exact) mass is 190 g/mol. The van der Waals surface area contributed by atoms with Crippen LogP contribution in [0, 0.1) is 12.3 Å². The van der Waals surface area contributed by atoms with Gasteiger partial charge in [0, 0.05) is 18.7 Å². The highest BCUT2D eigenvalue weighted by atomic mass is 32.2. The predicted molar refractivity (Wildman–Crippen MR) is 48.9 cm³/mol. The molecule has 0 saturated heterocycles. The van der Waals surface area contributed by atoms with Gasteiger partial charge in [-0.25, -0.2) is 8.42 Å². The molecule has 1 unspecified atom stereocenters. The van der Waals surface area contributed by atoms with Crippen LogP contribution in [0.3, 0.4) is 0 Å². The van der Waals surface area contributed by atoms with Crippen LogP contribution in [-0.2, 0) is 9.84 Å². The number of terminal acetylenes is 1. The molecule has 0 aromatic carbocycles. The third-order valence-electron chi connectivity index (χ3n) is 1.38. The molecule has 0 heterocycles. The highest BCUT2D eigenvalue weighted by Crippen LogP contribution is 1.98. The summed E-state index contributed by atoms with van der Waals surface area (Å²) in [7, 11) is -2.98. The molecule has 0 saturated carbocycles. The molecular weight excluding hydrogens is 176 g/mol. The molecule has 0 spiro atoms. The molecule has 0 aliphatic heterocycles. The Hall–Kier alpha value is -0.570. The lowest BCUT2D eigenvalue weighted by molar-refractivity contribution is 0.526. The van der Waals surface area contributed by atoms with Crippen molar-refractivity contribution in [1.29, 1.82) is 0 Å². The Morgan fingerprint density at radius 1 is 1.67 bits per heavy atom. The van der Waals surface area contributed by atoms with Crippen LogP contribution in [0.4, 0.5) is 0 Å². The first-order chi connectivity index (χ1) is 5.49. The van der Waals surface area contributed by atoms with Crippen LogP contribution < -0.4 is 11.3 Å². The minimum absolute atomic E-state index is 0.0329. The quantitative estimate of drug-likeness (QED) is 0.341. The first kappa shape index (κ1) is 11.4. The average molecular weight is 190 g/mol.